The van der Waals surface area contributed by atoms with Crippen molar-refractivity contribution >= 4 is 34.7 Å². The Morgan fingerprint density at radius 3 is 2.09 bits per heavy atom. The molecule has 1 amide bonds. The molecule has 0 bridgehead atoms. The maximum Gasteiger partial charge on any atom is 0.411 e. The van der Waals surface area contributed by atoms with Crippen LogP contribution in [0.4, 0.5) is 4.79 Å². The van der Waals surface area contributed by atoms with Crippen molar-refractivity contribution in [3.63, 3.8) is 0 Å². The van der Waals surface area contributed by atoms with E-state index in [0.717, 1.165) is 41.2 Å². The minimum absolute atomic E-state index is 0.365. The average Bonchev–Trinajstić information content (AvgIpc) is 2.79. The van der Waals surface area contributed by atoms with E-state index in [1.54, 1.807) is 4.90 Å². The number of morpholine rings is 1. The summed E-state index contributed by atoms with van der Waals surface area (Å²) < 4.78 is 13.0. The van der Waals surface area contributed by atoms with Crippen molar-refractivity contribution < 1.29 is 19.1 Å². The van der Waals surface area contributed by atoms with Crippen LogP contribution in [0.15, 0.2) is 60.7 Å². The number of hydrogen-bond acceptors (Lipinski definition) is 4. The summed E-state index contributed by atoms with van der Waals surface area (Å²) in [6.45, 7) is 5.54. The standard InChI is InChI=1S/C27H34INO4/c1-27(2,3)33-26(31)29-22(18-12-4-5-13-19-28)25(30)32-24(21-16-10-7-11-17-21)23(29)20-14-8-6-9-15-20/h6-11,14-17,22-24H,4-5,12-13,18-19H2,1-3H3/t22-,23-,24+/m0/s1. The second-order valence-corrected chi connectivity index (χ2v) is 10.5. The number of hydrogen-bond donors (Lipinski definition) is 0. The molecule has 1 fully saturated rings. The Morgan fingerprint density at radius 1 is 0.939 bits per heavy atom. The Labute approximate surface area is 211 Å². The van der Waals surface area contributed by atoms with Crippen LogP contribution in [0.1, 0.15) is 76.1 Å². The lowest BCUT2D eigenvalue weighted by molar-refractivity contribution is -0.174. The molecule has 0 saturated carbocycles. The molecular weight excluding hydrogens is 529 g/mol. The van der Waals surface area contributed by atoms with Crippen LogP contribution in [-0.2, 0) is 14.3 Å². The molecule has 1 aliphatic heterocycles. The highest BCUT2D eigenvalue weighted by molar-refractivity contribution is 14.1. The number of ether oxygens (including phenoxy) is 2. The normalized spacial score (nSPS) is 20.9. The van der Waals surface area contributed by atoms with Gasteiger partial charge in [0, 0.05) is 0 Å². The van der Waals surface area contributed by atoms with E-state index in [4.69, 9.17) is 9.47 Å². The molecule has 0 aliphatic carbocycles. The van der Waals surface area contributed by atoms with E-state index in [9.17, 15) is 9.59 Å². The average molecular weight is 563 g/mol. The van der Waals surface area contributed by atoms with Gasteiger partial charge in [-0.05, 0) is 49.2 Å². The second-order valence-electron chi connectivity index (χ2n) is 9.42. The van der Waals surface area contributed by atoms with E-state index < -0.39 is 29.9 Å². The Kier molecular flexibility index (Phi) is 9.18. The Balaban J connectivity index is 2.00. The van der Waals surface area contributed by atoms with Gasteiger partial charge in [-0.3, -0.25) is 4.90 Å². The largest absolute Gasteiger partial charge is 0.453 e. The number of rotatable bonds is 8. The molecular formula is C27H34INO4. The van der Waals surface area contributed by atoms with Gasteiger partial charge in [0.15, 0.2) is 6.10 Å². The molecule has 5 nitrogen and oxygen atoms in total. The molecule has 0 radical (unpaired) electrons. The predicted molar refractivity (Wildman–Crippen MR) is 138 cm³/mol. The Bertz CT molecular complexity index is 897. The number of halogens is 1. The van der Waals surface area contributed by atoms with Gasteiger partial charge in [0.1, 0.15) is 17.7 Å². The third-order valence-corrected chi connectivity index (χ3v) is 6.43. The van der Waals surface area contributed by atoms with Gasteiger partial charge >= 0.3 is 12.1 Å². The Hall–Kier alpha value is -2.09. The zero-order valence-corrected chi connectivity index (χ0v) is 21.9. The van der Waals surface area contributed by atoms with Gasteiger partial charge in [-0.1, -0.05) is 103 Å². The Morgan fingerprint density at radius 2 is 1.52 bits per heavy atom. The van der Waals surface area contributed by atoms with Crippen LogP contribution in [0.5, 0.6) is 0 Å². The summed E-state index contributed by atoms with van der Waals surface area (Å²) in [4.78, 5) is 28.5. The third kappa shape index (κ3) is 6.95. The first-order valence-electron chi connectivity index (χ1n) is 11.7. The molecule has 2 aromatic carbocycles. The van der Waals surface area contributed by atoms with Crippen LogP contribution in [0, 0.1) is 0 Å². The monoisotopic (exact) mass is 563 g/mol. The first-order valence-corrected chi connectivity index (χ1v) is 13.2. The molecule has 0 spiro atoms. The summed E-state index contributed by atoms with van der Waals surface area (Å²) in [6, 6.07) is 18.3. The summed E-state index contributed by atoms with van der Waals surface area (Å²) in [5.74, 6) is -0.365. The SMILES string of the molecule is CC(C)(C)OC(=O)N1[C@@H](CCCCCCI)C(=O)O[C@H](c2ccccc2)[C@@H]1c1ccccc1. The van der Waals surface area contributed by atoms with Crippen molar-refractivity contribution in [3.05, 3.63) is 71.8 Å². The molecule has 1 aliphatic rings. The van der Waals surface area contributed by atoms with Crippen LogP contribution in [0.3, 0.4) is 0 Å². The number of nitrogens with zero attached hydrogens (tertiary/aromatic N) is 1. The predicted octanol–water partition coefficient (Wildman–Crippen LogP) is 7.02. The molecule has 178 valence electrons. The highest BCUT2D eigenvalue weighted by atomic mass is 127. The van der Waals surface area contributed by atoms with Crippen LogP contribution < -0.4 is 0 Å². The van der Waals surface area contributed by atoms with E-state index in [1.807, 2.05) is 81.4 Å². The molecule has 3 rings (SSSR count). The van der Waals surface area contributed by atoms with Crippen LogP contribution in [0.25, 0.3) is 0 Å². The zero-order valence-electron chi connectivity index (χ0n) is 19.7. The van der Waals surface area contributed by atoms with E-state index in [2.05, 4.69) is 22.6 Å². The first-order chi connectivity index (χ1) is 15.8. The van der Waals surface area contributed by atoms with E-state index in [-0.39, 0.29) is 5.97 Å². The lowest BCUT2D eigenvalue weighted by atomic mass is 9.90. The summed E-state index contributed by atoms with van der Waals surface area (Å²) in [5.41, 5.74) is 1.10. The summed E-state index contributed by atoms with van der Waals surface area (Å²) >= 11 is 2.38. The van der Waals surface area contributed by atoms with Gasteiger partial charge in [0.2, 0.25) is 0 Å². The lowest BCUT2D eigenvalue weighted by Gasteiger charge is -2.45. The molecule has 2 aromatic rings. The van der Waals surface area contributed by atoms with Gasteiger partial charge in [0.25, 0.3) is 0 Å². The molecule has 0 N–H and O–H groups in total. The van der Waals surface area contributed by atoms with Crippen molar-refractivity contribution in [2.24, 2.45) is 0 Å². The number of carbonyl (C=O) groups excluding carboxylic acids is 2. The maximum atomic E-state index is 13.6. The second kappa shape index (κ2) is 11.9. The zero-order chi connectivity index (χ0) is 23.8. The number of amides is 1. The van der Waals surface area contributed by atoms with Crippen LogP contribution in [-0.4, -0.2) is 33.0 Å². The first kappa shape index (κ1) is 25.5. The summed E-state index contributed by atoms with van der Waals surface area (Å²) in [5, 5.41) is 0. The topological polar surface area (TPSA) is 55.8 Å². The quantitative estimate of drug-likeness (QED) is 0.150. The molecule has 0 unspecified atom stereocenters. The van der Waals surface area contributed by atoms with E-state index in [1.165, 1.54) is 0 Å². The number of cyclic esters (lactones) is 1. The lowest BCUT2D eigenvalue weighted by Crippen LogP contribution is -2.55. The number of benzene rings is 2. The van der Waals surface area contributed by atoms with Crippen LogP contribution >= 0.6 is 22.6 Å². The fourth-order valence-electron chi connectivity index (χ4n) is 4.20. The van der Waals surface area contributed by atoms with E-state index in [0.29, 0.717) is 6.42 Å². The molecule has 6 heteroatoms. The molecule has 1 saturated heterocycles. The van der Waals surface area contributed by atoms with Gasteiger partial charge < -0.3 is 9.47 Å². The third-order valence-electron chi connectivity index (χ3n) is 5.67. The summed E-state index contributed by atoms with van der Waals surface area (Å²) in [6.07, 6.45) is 3.62. The van der Waals surface area contributed by atoms with Gasteiger partial charge in [-0.25, -0.2) is 9.59 Å². The molecule has 0 aromatic heterocycles. The van der Waals surface area contributed by atoms with Crippen LogP contribution in [0.2, 0.25) is 0 Å². The highest BCUT2D eigenvalue weighted by Crippen LogP contribution is 2.43. The summed E-state index contributed by atoms with van der Waals surface area (Å²) in [7, 11) is 0. The number of esters is 1. The molecule has 3 atom stereocenters. The minimum Gasteiger partial charge on any atom is -0.453 e. The van der Waals surface area contributed by atoms with Crippen molar-refractivity contribution in [1.82, 2.24) is 4.90 Å². The number of carbonyl (C=O) groups is 2. The van der Waals surface area contributed by atoms with Gasteiger partial charge in [-0.15, -0.1) is 0 Å². The maximum absolute atomic E-state index is 13.6. The van der Waals surface area contributed by atoms with Gasteiger partial charge in [0.05, 0.1) is 0 Å². The van der Waals surface area contributed by atoms with E-state index >= 15 is 0 Å². The smallest absolute Gasteiger partial charge is 0.411 e. The van der Waals surface area contributed by atoms with Crippen molar-refractivity contribution in [3.8, 4) is 0 Å². The number of alkyl halides is 1. The highest BCUT2D eigenvalue weighted by Gasteiger charge is 2.48. The molecule has 1 heterocycles. The minimum atomic E-state index is -0.676. The van der Waals surface area contributed by atoms with Crippen molar-refractivity contribution in [2.75, 3.05) is 4.43 Å². The molecule has 33 heavy (non-hydrogen) atoms. The number of unbranched alkanes of at least 4 members (excludes halogenated alkanes) is 3. The van der Waals surface area contributed by atoms with Crippen molar-refractivity contribution in [2.45, 2.75) is 76.7 Å². The fourth-order valence-corrected chi connectivity index (χ4v) is 4.74. The fraction of sp³-hybridized carbons (Fsp3) is 0.481. The van der Waals surface area contributed by atoms with Crippen molar-refractivity contribution in [1.29, 1.82) is 0 Å². The van der Waals surface area contributed by atoms with Gasteiger partial charge in [-0.2, -0.15) is 0 Å².